The lowest BCUT2D eigenvalue weighted by atomic mass is 10.2. The van der Waals surface area contributed by atoms with Gasteiger partial charge in [-0.2, -0.15) is 0 Å². The van der Waals surface area contributed by atoms with Crippen LogP contribution in [0, 0.1) is 17.2 Å². The Morgan fingerprint density at radius 3 is 2.22 bits per heavy atom. The number of carboxylic acid groups (broad SMARTS) is 1. The number of hydrogen-bond acceptors (Lipinski definition) is 4. The molecule has 0 aliphatic heterocycles. The number of anilines is 1. The molecule has 1 aromatic rings. The van der Waals surface area contributed by atoms with E-state index in [0.29, 0.717) is 11.8 Å². The van der Waals surface area contributed by atoms with Gasteiger partial charge in [-0.15, -0.1) is 0 Å². The molecule has 0 heterocycles. The van der Waals surface area contributed by atoms with Crippen molar-refractivity contribution in [2.24, 2.45) is 11.8 Å². The van der Waals surface area contributed by atoms with Gasteiger partial charge in [-0.25, -0.2) is 4.79 Å². The molecule has 2 saturated carbocycles. The Bertz CT molecular complexity index is 590. The molecular formula is C18H23N3O2. The minimum Gasteiger partial charge on any atom is -0.477 e. The highest BCUT2D eigenvalue weighted by atomic mass is 16.4. The number of carbonyl (C=O) groups is 1. The molecule has 0 atom stereocenters. The van der Waals surface area contributed by atoms with Crippen LogP contribution in [0.2, 0.25) is 0 Å². The number of carboxylic acids is 1. The zero-order valence-corrected chi connectivity index (χ0v) is 13.2. The van der Waals surface area contributed by atoms with Crippen molar-refractivity contribution in [3.8, 4) is 0 Å². The molecule has 5 heteroatoms. The fraction of sp³-hybridized carbons (Fsp3) is 0.444. The van der Waals surface area contributed by atoms with Gasteiger partial charge in [0, 0.05) is 24.9 Å². The van der Waals surface area contributed by atoms with E-state index in [0.717, 1.165) is 24.6 Å². The molecule has 3 N–H and O–H groups in total. The first kappa shape index (κ1) is 15.6. The molecule has 0 aromatic heterocycles. The van der Waals surface area contributed by atoms with E-state index in [1.807, 2.05) is 30.3 Å². The topological polar surface area (TPSA) is 76.4 Å². The van der Waals surface area contributed by atoms with Crippen molar-refractivity contribution in [2.45, 2.75) is 25.7 Å². The fourth-order valence-electron chi connectivity index (χ4n) is 2.57. The molecule has 0 unspecified atom stereocenters. The summed E-state index contributed by atoms with van der Waals surface area (Å²) in [6.07, 6.45) is 6.43. The maximum absolute atomic E-state index is 11.1. The highest BCUT2D eigenvalue weighted by molar-refractivity contribution is 6.39. The molecule has 0 spiro atoms. The molecule has 1 aromatic carbocycles. The van der Waals surface area contributed by atoms with Crippen molar-refractivity contribution in [1.82, 2.24) is 4.90 Å². The normalized spacial score (nSPS) is 17.7. The van der Waals surface area contributed by atoms with Gasteiger partial charge in [0.1, 0.15) is 11.5 Å². The Morgan fingerprint density at radius 2 is 1.74 bits per heavy atom. The Kier molecular flexibility index (Phi) is 4.65. The van der Waals surface area contributed by atoms with Crippen LogP contribution < -0.4 is 5.32 Å². The van der Waals surface area contributed by atoms with Crippen LogP contribution in [0.4, 0.5) is 5.69 Å². The highest BCUT2D eigenvalue weighted by Crippen LogP contribution is 2.35. The summed E-state index contributed by atoms with van der Waals surface area (Å²) < 4.78 is 0. The van der Waals surface area contributed by atoms with Gasteiger partial charge in [0.2, 0.25) is 0 Å². The molecule has 122 valence electrons. The number of hydrogen-bond donors (Lipinski definition) is 3. The number of para-hydroxylation sites is 1. The smallest absolute Gasteiger partial charge is 0.353 e. The van der Waals surface area contributed by atoms with Crippen molar-refractivity contribution in [1.29, 1.82) is 5.41 Å². The van der Waals surface area contributed by atoms with Crippen molar-refractivity contribution in [2.75, 3.05) is 18.4 Å². The van der Waals surface area contributed by atoms with Gasteiger partial charge in [0.25, 0.3) is 0 Å². The minimum atomic E-state index is -1.20. The highest BCUT2D eigenvalue weighted by Gasteiger charge is 2.30. The monoisotopic (exact) mass is 313 g/mol. The van der Waals surface area contributed by atoms with E-state index in [9.17, 15) is 4.79 Å². The van der Waals surface area contributed by atoms with E-state index in [4.69, 9.17) is 10.5 Å². The molecule has 2 fully saturated rings. The van der Waals surface area contributed by atoms with Crippen LogP contribution in [0.3, 0.4) is 0 Å². The number of benzene rings is 1. The van der Waals surface area contributed by atoms with Gasteiger partial charge in [0.15, 0.2) is 0 Å². The SMILES string of the molecule is N=C(/C=C(\Nc1ccccc1)N(CC1CC1)CC1CC1)C(=O)O. The van der Waals surface area contributed by atoms with Crippen LogP contribution in [0.1, 0.15) is 25.7 Å². The van der Waals surface area contributed by atoms with Gasteiger partial charge in [0.05, 0.1) is 0 Å². The lowest BCUT2D eigenvalue weighted by Gasteiger charge is -2.28. The fourth-order valence-corrected chi connectivity index (χ4v) is 2.57. The van der Waals surface area contributed by atoms with Crippen molar-refractivity contribution in [3.63, 3.8) is 0 Å². The largest absolute Gasteiger partial charge is 0.477 e. The third-order valence-corrected chi connectivity index (χ3v) is 4.25. The van der Waals surface area contributed by atoms with E-state index in [1.54, 1.807) is 0 Å². The zero-order chi connectivity index (χ0) is 16.2. The number of rotatable bonds is 9. The predicted octanol–water partition coefficient (Wildman–Crippen LogP) is 3.17. The summed E-state index contributed by atoms with van der Waals surface area (Å²) in [6.45, 7) is 1.88. The molecule has 2 aliphatic carbocycles. The number of nitrogens with zero attached hydrogens (tertiary/aromatic N) is 1. The van der Waals surface area contributed by atoms with Crippen LogP contribution in [0.25, 0.3) is 0 Å². The number of aliphatic carboxylic acids is 1. The van der Waals surface area contributed by atoms with Gasteiger partial charge >= 0.3 is 5.97 Å². The molecule has 0 bridgehead atoms. The van der Waals surface area contributed by atoms with E-state index in [1.165, 1.54) is 31.8 Å². The molecule has 5 nitrogen and oxygen atoms in total. The number of nitrogens with one attached hydrogen (secondary N) is 2. The van der Waals surface area contributed by atoms with Crippen molar-refractivity contribution < 1.29 is 9.90 Å². The maximum atomic E-state index is 11.1. The van der Waals surface area contributed by atoms with Crippen LogP contribution in [0.15, 0.2) is 42.2 Å². The van der Waals surface area contributed by atoms with Gasteiger partial charge in [-0.1, -0.05) is 18.2 Å². The third-order valence-electron chi connectivity index (χ3n) is 4.25. The average molecular weight is 313 g/mol. The van der Waals surface area contributed by atoms with Gasteiger partial charge < -0.3 is 15.3 Å². The van der Waals surface area contributed by atoms with E-state index in [2.05, 4.69) is 10.2 Å². The molecule has 0 amide bonds. The molecule has 0 saturated heterocycles. The molecule has 2 aliphatic rings. The summed E-state index contributed by atoms with van der Waals surface area (Å²) in [5.41, 5.74) is 0.522. The second kappa shape index (κ2) is 6.86. The Balaban J connectivity index is 1.81. The summed E-state index contributed by atoms with van der Waals surface area (Å²) in [4.78, 5) is 13.3. The maximum Gasteiger partial charge on any atom is 0.353 e. The van der Waals surface area contributed by atoms with Crippen molar-refractivity contribution in [3.05, 3.63) is 42.2 Å². The third kappa shape index (κ3) is 4.84. The summed E-state index contributed by atoms with van der Waals surface area (Å²) in [5, 5.41) is 20.1. The van der Waals surface area contributed by atoms with Crippen LogP contribution in [-0.2, 0) is 4.79 Å². The van der Waals surface area contributed by atoms with Gasteiger partial charge in [-0.3, -0.25) is 5.41 Å². The molecule has 0 radical (unpaired) electrons. The minimum absolute atomic E-state index is 0.389. The first-order valence-corrected chi connectivity index (χ1v) is 8.22. The van der Waals surface area contributed by atoms with Crippen LogP contribution >= 0.6 is 0 Å². The predicted molar refractivity (Wildman–Crippen MR) is 90.5 cm³/mol. The van der Waals surface area contributed by atoms with Crippen LogP contribution in [-0.4, -0.2) is 34.8 Å². The van der Waals surface area contributed by atoms with Crippen LogP contribution in [0.5, 0.6) is 0 Å². The van der Waals surface area contributed by atoms with Crippen molar-refractivity contribution >= 4 is 17.4 Å². The standard InChI is InChI=1S/C18H23N3O2/c19-16(18(22)23)10-17(20-15-4-2-1-3-5-15)21(11-13-6-7-13)12-14-8-9-14/h1-5,10,13-14,19-20H,6-9,11-12H2,(H,22,23)/b17-10+,19-16?. The summed E-state index contributed by atoms with van der Waals surface area (Å²) in [5.74, 6) is 0.931. The summed E-state index contributed by atoms with van der Waals surface area (Å²) in [6, 6.07) is 9.72. The van der Waals surface area contributed by atoms with Gasteiger partial charge in [-0.05, 0) is 49.7 Å². The Morgan fingerprint density at radius 1 is 1.17 bits per heavy atom. The first-order valence-electron chi connectivity index (χ1n) is 8.22. The van der Waals surface area contributed by atoms with E-state index in [-0.39, 0.29) is 5.71 Å². The first-order chi connectivity index (χ1) is 11.1. The van der Waals surface area contributed by atoms with E-state index < -0.39 is 5.97 Å². The Labute approximate surface area is 136 Å². The second-order valence-corrected chi connectivity index (χ2v) is 6.53. The molecule has 23 heavy (non-hydrogen) atoms. The Hall–Kier alpha value is -2.30. The molecule has 3 rings (SSSR count). The second-order valence-electron chi connectivity index (χ2n) is 6.53. The van der Waals surface area contributed by atoms with E-state index >= 15 is 0 Å². The zero-order valence-electron chi connectivity index (χ0n) is 13.2. The summed E-state index contributed by atoms with van der Waals surface area (Å²) >= 11 is 0. The lowest BCUT2D eigenvalue weighted by Crippen LogP contribution is -2.32. The lowest BCUT2D eigenvalue weighted by molar-refractivity contribution is -0.129. The molecular weight excluding hydrogens is 290 g/mol. The summed E-state index contributed by atoms with van der Waals surface area (Å²) in [7, 11) is 0. The quantitative estimate of drug-likeness (QED) is 0.612. The average Bonchev–Trinajstić information content (AvgIpc) is 3.42.